The zero-order chi connectivity index (χ0) is 11.3. The highest BCUT2D eigenvalue weighted by atomic mass is 127. The summed E-state index contributed by atoms with van der Waals surface area (Å²) in [7, 11) is 3.63. The van der Waals surface area contributed by atoms with Gasteiger partial charge in [-0.3, -0.25) is 9.79 Å². The molecule has 1 atom stereocenters. The fourth-order valence-corrected chi connectivity index (χ4v) is 2.12. The topological polar surface area (TPSA) is 70.7 Å². The molecule has 94 valence electrons. The second-order valence-corrected chi connectivity index (χ2v) is 3.92. The smallest absolute Gasteiger partial charge is 0.217 e. The minimum absolute atomic E-state index is 0. The molecule has 1 heterocycles. The first-order valence-electron chi connectivity index (χ1n) is 5.35. The highest BCUT2D eigenvalue weighted by molar-refractivity contribution is 14.0. The lowest BCUT2D eigenvalue weighted by Gasteiger charge is -2.34. The average molecular weight is 340 g/mol. The van der Waals surface area contributed by atoms with Crippen LogP contribution in [0.15, 0.2) is 4.99 Å². The lowest BCUT2D eigenvalue weighted by molar-refractivity contribution is -0.119. The molecule has 1 aliphatic rings. The van der Waals surface area contributed by atoms with Crippen LogP contribution in [-0.2, 0) is 4.79 Å². The molecule has 1 aliphatic heterocycles. The second kappa shape index (κ2) is 7.70. The van der Waals surface area contributed by atoms with Gasteiger partial charge in [-0.05, 0) is 18.8 Å². The van der Waals surface area contributed by atoms with Gasteiger partial charge >= 0.3 is 0 Å². The van der Waals surface area contributed by atoms with Gasteiger partial charge in [0.1, 0.15) is 0 Å². The van der Waals surface area contributed by atoms with E-state index in [0.29, 0.717) is 12.3 Å². The maximum atomic E-state index is 10.8. The summed E-state index contributed by atoms with van der Waals surface area (Å²) >= 11 is 0. The van der Waals surface area contributed by atoms with Crippen molar-refractivity contribution in [3.63, 3.8) is 0 Å². The molecule has 16 heavy (non-hydrogen) atoms. The Morgan fingerprint density at radius 2 is 2.31 bits per heavy atom. The molecule has 1 saturated heterocycles. The second-order valence-electron chi connectivity index (χ2n) is 3.92. The van der Waals surface area contributed by atoms with Gasteiger partial charge in [-0.1, -0.05) is 0 Å². The van der Waals surface area contributed by atoms with E-state index in [2.05, 4.69) is 15.2 Å². The van der Waals surface area contributed by atoms with Gasteiger partial charge in [-0.25, -0.2) is 0 Å². The maximum Gasteiger partial charge on any atom is 0.217 e. The highest BCUT2D eigenvalue weighted by Crippen LogP contribution is 2.19. The van der Waals surface area contributed by atoms with E-state index in [1.54, 1.807) is 7.05 Å². The first-order valence-corrected chi connectivity index (χ1v) is 5.35. The number of piperidine rings is 1. The Kier molecular flexibility index (Phi) is 7.44. The quantitative estimate of drug-likeness (QED) is 0.434. The average Bonchev–Trinajstić information content (AvgIpc) is 2.19. The van der Waals surface area contributed by atoms with Gasteiger partial charge < -0.3 is 16.0 Å². The Bertz CT molecular complexity index is 257. The van der Waals surface area contributed by atoms with Crippen molar-refractivity contribution in [3.05, 3.63) is 0 Å². The third kappa shape index (κ3) is 4.54. The molecule has 1 rings (SSSR count). The van der Waals surface area contributed by atoms with E-state index in [9.17, 15) is 4.79 Å². The third-order valence-corrected chi connectivity index (χ3v) is 2.74. The number of nitrogens with one attached hydrogen (secondary N) is 1. The predicted molar refractivity (Wildman–Crippen MR) is 75.9 cm³/mol. The van der Waals surface area contributed by atoms with E-state index < -0.39 is 0 Å². The van der Waals surface area contributed by atoms with Gasteiger partial charge in [0.15, 0.2) is 5.96 Å². The first kappa shape index (κ1) is 15.5. The largest absolute Gasteiger partial charge is 0.370 e. The van der Waals surface area contributed by atoms with Gasteiger partial charge in [0.05, 0.1) is 0 Å². The number of nitrogens with zero attached hydrogens (tertiary/aromatic N) is 2. The van der Waals surface area contributed by atoms with Crippen LogP contribution in [-0.4, -0.2) is 44.0 Å². The van der Waals surface area contributed by atoms with Crippen LogP contribution in [0.2, 0.25) is 0 Å². The number of hydrogen-bond acceptors (Lipinski definition) is 2. The molecule has 0 aromatic rings. The van der Waals surface area contributed by atoms with E-state index in [4.69, 9.17) is 5.73 Å². The van der Waals surface area contributed by atoms with Gasteiger partial charge in [0, 0.05) is 33.6 Å². The summed E-state index contributed by atoms with van der Waals surface area (Å²) in [5.74, 6) is 1.06. The molecule has 0 radical (unpaired) electrons. The molecular weight excluding hydrogens is 319 g/mol. The van der Waals surface area contributed by atoms with Crippen molar-refractivity contribution < 1.29 is 4.79 Å². The first-order chi connectivity index (χ1) is 7.17. The van der Waals surface area contributed by atoms with E-state index in [-0.39, 0.29) is 29.9 Å². The minimum Gasteiger partial charge on any atom is -0.370 e. The number of amides is 1. The Morgan fingerprint density at radius 3 is 2.81 bits per heavy atom. The third-order valence-electron chi connectivity index (χ3n) is 2.74. The molecule has 0 bridgehead atoms. The molecule has 0 aliphatic carbocycles. The van der Waals surface area contributed by atoms with E-state index >= 15 is 0 Å². The summed E-state index contributed by atoms with van der Waals surface area (Å²) in [5.41, 5.74) is 5.21. The summed E-state index contributed by atoms with van der Waals surface area (Å²) in [6, 6.07) is 0. The molecule has 6 heteroatoms. The number of rotatable bonds is 2. The number of carbonyl (C=O) groups is 1. The van der Waals surface area contributed by atoms with Gasteiger partial charge in [-0.15, -0.1) is 24.0 Å². The van der Waals surface area contributed by atoms with E-state index in [0.717, 1.165) is 31.9 Å². The van der Waals surface area contributed by atoms with Crippen molar-refractivity contribution in [1.82, 2.24) is 10.2 Å². The van der Waals surface area contributed by atoms with Crippen LogP contribution in [0.3, 0.4) is 0 Å². The van der Waals surface area contributed by atoms with Crippen molar-refractivity contribution in [2.45, 2.75) is 19.3 Å². The van der Waals surface area contributed by atoms with Crippen molar-refractivity contribution in [3.8, 4) is 0 Å². The fourth-order valence-electron chi connectivity index (χ4n) is 2.12. The van der Waals surface area contributed by atoms with Crippen LogP contribution in [0.4, 0.5) is 0 Å². The van der Waals surface area contributed by atoms with Crippen LogP contribution < -0.4 is 11.1 Å². The molecule has 0 saturated carbocycles. The number of hydrogen-bond donors (Lipinski definition) is 2. The van der Waals surface area contributed by atoms with Crippen LogP contribution in [0.25, 0.3) is 0 Å². The zero-order valence-electron chi connectivity index (χ0n) is 9.90. The predicted octanol–water partition coefficient (Wildman–Crippen LogP) is 0.397. The Balaban J connectivity index is 0.00000225. The summed E-state index contributed by atoms with van der Waals surface area (Å²) in [4.78, 5) is 17.2. The summed E-state index contributed by atoms with van der Waals surface area (Å²) in [5, 5.41) is 3.06. The van der Waals surface area contributed by atoms with Crippen molar-refractivity contribution in [1.29, 1.82) is 0 Å². The minimum atomic E-state index is -0.207. The molecule has 5 nitrogen and oxygen atoms in total. The number of aliphatic imine (C=N–C) groups is 1. The van der Waals surface area contributed by atoms with Crippen LogP contribution in [0.1, 0.15) is 19.3 Å². The van der Waals surface area contributed by atoms with Gasteiger partial charge in [-0.2, -0.15) is 0 Å². The normalized spacial score (nSPS) is 21.2. The number of likely N-dealkylation sites (tertiary alicyclic amines) is 1. The SMILES string of the molecule is CN=C(NC)N1CCCC(CC(N)=O)C1.I. The Morgan fingerprint density at radius 1 is 1.62 bits per heavy atom. The molecule has 0 spiro atoms. The standard InChI is InChI=1S/C10H20N4O.HI/c1-12-10(13-2)14-5-3-4-8(7-14)6-9(11)15;/h8H,3-7H2,1-2H3,(H2,11,15)(H,12,13);1H. The molecule has 0 aromatic carbocycles. The van der Waals surface area contributed by atoms with Crippen molar-refractivity contribution in [2.24, 2.45) is 16.6 Å². The molecule has 1 fully saturated rings. The number of nitrogens with two attached hydrogens (primary N) is 1. The molecule has 0 aromatic heterocycles. The van der Waals surface area contributed by atoms with Gasteiger partial charge in [0.2, 0.25) is 5.91 Å². The highest BCUT2D eigenvalue weighted by Gasteiger charge is 2.22. The zero-order valence-corrected chi connectivity index (χ0v) is 12.2. The number of primary amides is 1. The Labute approximate surface area is 114 Å². The lowest BCUT2D eigenvalue weighted by atomic mass is 9.95. The fraction of sp³-hybridized carbons (Fsp3) is 0.800. The maximum absolute atomic E-state index is 10.8. The summed E-state index contributed by atoms with van der Waals surface area (Å²) < 4.78 is 0. The van der Waals surface area contributed by atoms with Crippen LogP contribution >= 0.6 is 24.0 Å². The Hall–Kier alpha value is -0.530. The molecular formula is C10H21IN4O. The lowest BCUT2D eigenvalue weighted by Crippen LogP contribution is -2.46. The molecule has 1 amide bonds. The molecule has 3 N–H and O–H groups in total. The van der Waals surface area contributed by atoms with Crippen LogP contribution in [0, 0.1) is 5.92 Å². The molecule has 1 unspecified atom stereocenters. The van der Waals surface area contributed by atoms with Crippen molar-refractivity contribution >= 4 is 35.8 Å². The van der Waals surface area contributed by atoms with E-state index in [1.165, 1.54) is 0 Å². The van der Waals surface area contributed by atoms with Gasteiger partial charge in [0.25, 0.3) is 0 Å². The van der Waals surface area contributed by atoms with E-state index in [1.807, 2.05) is 7.05 Å². The summed E-state index contributed by atoms with van der Waals surface area (Å²) in [6.07, 6.45) is 2.66. The number of carbonyl (C=O) groups excluding carboxylic acids is 1. The number of guanidine groups is 1. The summed E-state index contributed by atoms with van der Waals surface area (Å²) in [6.45, 7) is 1.87. The number of halogens is 1. The monoisotopic (exact) mass is 340 g/mol. The van der Waals surface area contributed by atoms with Crippen molar-refractivity contribution in [2.75, 3.05) is 27.2 Å². The van der Waals surface area contributed by atoms with Crippen LogP contribution in [0.5, 0.6) is 0 Å².